The van der Waals surface area contributed by atoms with Crippen molar-refractivity contribution in [3.05, 3.63) is 34.9 Å². The molecule has 1 aliphatic carbocycles. The predicted octanol–water partition coefficient (Wildman–Crippen LogP) is 4.04. The molecule has 0 aromatic heterocycles. The van der Waals surface area contributed by atoms with E-state index in [1.165, 1.54) is 57.4 Å². The second-order valence-electron chi connectivity index (χ2n) is 6.83. The lowest BCUT2D eigenvalue weighted by molar-refractivity contribution is 0.0659. The first-order valence-corrected chi connectivity index (χ1v) is 8.80. The molecule has 0 radical (unpaired) electrons. The first-order chi connectivity index (χ1) is 10.2. The minimum absolute atomic E-state index is 0.844. The van der Waals surface area contributed by atoms with Crippen LogP contribution in [-0.4, -0.2) is 42.0 Å². The fourth-order valence-corrected chi connectivity index (χ4v) is 4.08. The van der Waals surface area contributed by atoms with E-state index in [-0.39, 0.29) is 0 Å². The van der Waals surface area contributed by atoms with E-state index in [4.69, 9.17) is 11.6 Å². The molecule has 2 aliphatic rings. The summed E-state index contributed by atoms with van der Waals surface area (Å²) < 4.78 is 0. The Morgan fingerprint density at radius 3 is 2.57 bits per heavy atom. The van der Waals surface area contributed by atoms with E-state index in [9.17, 15) is 0 Å². The lowest BCUT2D eigenvalue weighted by Gasteiger charge is -2.42. The Morgan fingerprint density at radius 1 is 1.10 bits per heavy atom. The van der Waals surface area contributed by atoms with Gasteiger partial charge in [-0.3, -0.25) is 9.80 Å². The van der Waals surface area contributed by atoms with E-state index in [1.807, 2.05) is 12.1 Å². The first kappa shape index (κ1) is 15.3. The Hall–Kier alpha value is -0.570. The van der Waals surface area contributed by atoms with Crippen LogP contribution in [0, 0.1) is 5.92 Å². The van der Waals surface area contributed by atoms with Crippen LogP contribution in [0.3, 0.4) is 0 Å². The van der Waals surface area contributed by atoms with Crippen LogP contribution in [0.1, 0.15) is 38.2 Å². The van der Waals surface area contributed by atoms with Gasteiger partial charge in [-0.15, -0.1) is 0 Å². The van der Waals surface area contributed by atoms with Crippen LogP contribution in [0.25, 0.3) is 0 Å². The van der Waals surface area contributed by atoms with Gasteiger partial charge < -0.3 is 0 Å². The molecule has 1 saturated heterocycles. The zero-order chi connectivity index (χ0) is 14.7. The van der Waals surface area contributed by atoms with Gasteiger partial charge in [-0.2, -0.15) is 0 Å². The van der Waals surface area contributed by atoms with Crippen molar-refractivity contribution < 1.29 is 0 Å². The monoisotopic (exact) mass is 306 g/mol. The van der Waals surface area contributed by atoms with E-state index >= 15 is 0 Å². The van der Waals surface area contributed by atoms with Gasteiger partial charge in [-0.25, -0.2) is 0 Å². The van der Waals surface area contributed by atoms with E-state index in [2.05, 4.69) is 28.9 Å². The third-order valence-electron chi connectivity index (χ3n) is 5.18. The van der Waals surface area contributed by atoms with Crippen molar-refractivity contribution in [3.63, 3.8) is 0 Å². The lowest BCUT2D eigenvalue weighted by atomic mass is 9.86. The molecule has 2 atom stereocenters. The van der Waals surface area contributed by atoms with Crippen LogP contribution in [0.15, 0.2) is 24.3 Å². The minimum atomic E-state index is 0.844. The summed E-state index contributed by atoms with van der Waals surface area (Å²) in [7, 11) is 0. The summed E-state index contributed by atoms with van der Waals surface area (Å²) in [5, 5.41) is 0.904. The largest absolute Gasteiger partial charge is 0.298 e. The van der Waals surface area contributed by atoms with Gasteiger partial charge in [0, 0.05) is 43.8 Å². The van der Waals surface area contributed by atoms with Gasteiger partial charge in [-0.05, 0) is 30.4 Å². The Kier molecular flexibility index (Phi) is 5.20. The topological polar surface area (TPSA) is 6.48 Å². The van der Waals surface area contributed by atoms with Crippen LogP contribution in [0.2, 0.25) is 5.02 Å². The molecule has 3 heteroatoms. The van der Waals surface area contributed by atoms with Crippen molar-refractivity contribution in [2.75, 3.05) is 26.2 Å². The highest BCUT2D eigenvalue weighted by Gasteiger charge is 2.27. The lowest BCUT2D eigenvalue weighted by Crippen LogP contribution is -2.50. The predicted molar refractivity (Wildman–Crippen MR) is 89.7 cm³/mol. The number of hydrogen-bond acceptors (Lipinski definition) is 2. The van der Waals surface area contributed by atoms with Crippen LogP contribution < -0.4 is 0 Å². The van der Waals surface area contributed by atoms with Crippen LogP contribution in [0.5, 0.6) is 0 Å². The number of piperazine rings is 1. The standard InChI is InChI=1S/C18H27ClN2/c1-15-5-4-7-17(13-15)21-11-9-20(10-12-21)14-16-6-2-3-8-18(16)19/h2-3,6,8,15,17H,4-5,7,9-14H2,1H3/t15-,17-/m0/s1. The number of hydrogen-bond donors (Lipinski definition) is 0. The van der Waals surface area contributed by atoms with E-state index in [0.717, 1.165) is 23.5 Å². The summed E-state index contributed by atoms with van der Waals surface area (Å²) in [5.74, 6) is 0.921. The quantitative estimate of drug-likeness (QED) is 0.831. The molecule has 0 unspecified atom stereocenters. The van der Waals surface area contributed by atoms with E-state index < -0.39 is 0 Å². The first-order valence-electron chi connectivity index (χ1n) is 8.42. The third-order valence-corrected chi connectivity index (χ3v) is 5.55. The number of benzene rings is 1. The molecule has 0 N–H and O–H groups in total. The highest BCUT2D eigenvalue weighted by atomic mass is 35.5. The summed E-state index contributed by atoms with van der Waals surface area (Å²) in [4.78, 5) is 5.28. The molecule has 116 valence electrons. The fraction of sp³-hybridized carbons (Fsp3) is 0.667. The highest BCUT2D eigenvalue weighted by molar-refractivity contribution is 6.31. The van der Waals surface area contributed by atoms with Gasteiger partial charge in [0.15, 0.2) is 0 Å². The molecule has 0 amide bonds. The van der Waals surface area contributed by atoms with Gasteiger partial charge >= 0.3 is 0 Å². The molecule has 2 nitrogen and oxygen atoms in total. The molecular weight excluding hydrogens is 280 g/mol. The average molecular weight is 307 g/mol. The minimum Gasteiger partial charge on any atom is -0.298 e. The SMILES string of the molecule is C[C@H]1CCC[C@H](N2CCN(Cc3ccccc3Cl)CC2)C1. The second-order valence-corrected chi connectivity index (χ2v) is 7.24. The smallest absolute Gasteiger partial charge is 0.0451 e. The Morgan fingerprint density at radius 2 is 1.86 bits per heavy atom. The van der Waals surface area contributed by atoms with Crippen LogP contribution >= 0.6 is 11.6 Å². The maximum absolute atomic E-state index is 6.27. The molecular formula is C18H27ClN2. The summed E-state index contributed by atoms with van der Waals surface area (Å²) in [6, 6.07) is 9.08. The zero-order valence-corrected chi connectivity index (χ0v) is 13.9. The molecule has 3 rings (SSSR count). The molecule has 1 aromatic rings. The summed E-state index contributed by atoms with van der Waals surface area (Å²) in [6.45, 7) is 8.21. The van der Waals surface area contributed by atoms with Gasteiger partial charge in [0.25, 0.3) is 0 Å². The van der Waals surface area contributed by atoms with Gasteiger partial charge in [0.1, 0.15) is 0 Å². The number of rotatable bonds is 3. The van der Waals surface area contributed by atoms with Crippen molar-refractivity contribution in [1.29, 1.82) is 0 Å². The molecule has 0 spiro atoms. The molecule has 21 heavy (non-hydrogen) atoms. The van der Waals surface area contributed by atoms with Crippen molar-refractivity contribution in [2.45, 2.75) is 45.2 Å². The Bertz CT molecular complexity index is 454. The van der Waals surface area contributed by atoms with Crippen LogP contribution in [0.4, 0.5) is 0 Å². The third kappa shape index (κ3) is 4.00. The summed E-state index contributed by atoms with van der Waals surface area (Å²) in [5.41, 5.74) is 1.26. The van der Waals surface area contributed by atoms with Gasteiger partial charge in [0.05, 0.1) is 0 Å². The summed E-state index contributed by atoms with van der Waals surface area (Å²) >= 11 is 6.27. The molecule has 1 saturated carbocycles. The van der Waals surface area contributed by atoms with E-state index in [0.29, 0.717) is 0 Å². The van der Waals surface area contributed by atoms with Crippen LogP contribution in [-0.2, 0) is 6.54 Å². The fourth-order valence-electron chi connectivity index (χ4n) is 3.89. The second kappa shape index (κ2) is 7.13. The van der Waals surface area contributed by atoms with Crippen molar-refractivity contribution in [1.82, 2.24) is 9.80 Å². The Balaban J connectivity index is 1.50. The van der Waals surface area contributed by atoms with Gasteiger partial charge in [-0.1, -0.05) is 49.6 Å². The summed E-state index contributed by atoms with van der Waals surface area (Å²) in [6.07, 6.45) is 5.67. The zero-order valence-electron chi connectivity index (χ0n) is 13.1. The maximum atomic E-state index is 6.27. The number of halogens is 1. The average Bonchev–Trinajstić information content (AvgIpc) is 2.50. The maximum Gasteiger partial charge on any atom is 0.0451 e. The number of nitrogens with zero attached hydrogens (tertiary/aromatic N) is 2. The van der Waals surface area contributed by atoms with E-state index in [1.54, 1.807) is 0 Å². The van der Waals surface area contributed by atoms with Gasteiger partial charge in [0.2, 0.25) is 0 Å². The molecule has 0 bridgehead atoms. The van der Waals surface area contributed by atoms with Crippen molar-refractivity contribution in [3.8, 4) is 0 Å². The normalized spacial score (nSPS) is 28.7. The highest BCUT2D eigenvalue weighted by Crippen LogP contribution is 2.28. The Labute approximate surface area is 134 Å². The van der Waals surface area contributed by atoms with Crippen molar-refractivity contribution >= 4 is 11.6 Å². The molecule has 1 aliphatic heterocycles. The molecule has 1 heterocycles. The molecule has 1 aromatic carbocycles. The van der Waals surface area contributed by atoms with Crippen molar-refractivity contribution in [2.24, 2.45) is 5.92 Å². The molecule has 2 fully saturated rings.